The summed E-state index contributed by atoms with van der Waals surface area (Å²) in [5.41, 5.74) is 2.86. The largest absolute Gasteiger partial charge is 0.121 e. The molecular weight excluding hydrogens is 271 g/mol. The highest BCUT2D eigenvalue weighted by atomic mass is 35.5. The maximum absolute atomic E-state index is 5.95. The highest BCUT2D eigenvalue weighted by molar-refractivity contribution is 8.08. The normalized spacial score (nSPS) is 18.4. The summed E-state index contributed by atoms with van der Waals surface area (Å²) >= 11 is 13.7. The van der Waals surface area contributed by atoms with Crippen LogP contribution in [0, 0.1) is 0 Å². The minimum atomic E-state index is 0.726. The number of benzene rings is 1. The van der Waals surface area contributed by atoms with Crippen molar-refractivity contribution in [3.8, 4) is 0 Å². The average molecular weight is 287 g/mol. The van der Waals surface area contributed by atoms with Crippen LogP contribution in [0.25, 0.3) is 4.91 Å². The topological polar surface area (TPSA) is 0 Å². The summed E-state index contributed by atoms with van der Waals surface area (Å²) < 4.78 is 0. The van der Waals surface area contributed by atoms with Gasteiger partial charge in [0, 0.05) is 20.7 Å². The molecule has 0 atom stereocenters. The second kappa shape index (κ2) is 6.72. The molecule has 0 N–H and O–H groups in total. The summed E-state index contributed by atoms with van der Waals surface area (Å²) in [5, 5.41) is 1.50. The minimum absolute atomic E-state index is 0.726. The fraction of sp³-hybridized carbons (Fsp3) is 0.429. The Morgan fingerprint density at radius 3 is 2.35 bits per heavy atom. The predicted molar refractivity (Wildman–Crippen MR) is 79.7 cm³/mol. The molecule has 1 aromatic carbocycles. The van der Waals surface area contributed by atoms with E-state index in [-0.39, 0.29) is 0 Å². The number of rotatable bonds is 3. The molecule has 92 valence electrons. The fourth-order valence-electron chi connectivity index (χ4n) is 2.13. The van der Waals surface area contributed by atoms with Gasteiger partial charge >= 0.3 is 0 Å². The van der Waals surface area contributed by atoms with Crippen LogP contribution in [-0.2, 0) is 0 Å². The molecule has 0 spiro atoms. The van der Waals surface area contributed by atoms with Crippen molar-refractivity contribution >= 4 is 39.9 Å². The summed E-state index contributed by atoms with van der Waals surface area (Å²) in [7, 11) is 0. The third-order valence-electron chi connectivity index (χ3n) is 3.07. The summed E-state index contributed by atoms with van der Waals surface area (Å²) in [6, 6.07) is 7.90. The molecule has 0 heterocycles. The number of hydrogen-bond acceptors (Lipinski definition) is 1. The van der Waals surface area contributed by atoms with E-state index in [1.165, 1.54) is 37.7 Å². The fourth-order valence-corrected chi connectivity index (χ4v) is 3.79. The predicted octanol–water partition coefficient (Wildman–Crippen LogP) is 5.94. The van der Waals surface area contributed by atoms with Crippen LogP contribution < -0.4 is 0 Å². The van der Waals surface area contributed by atoms with E-state index >= 15 is 0 Å². The van der Waals surface area contributed by atoms with Crippen LogP contribution in [0.4, 0.5) is 0 Å². The van der Waals surface area contributed by atoms with Crippen molar-refractivity contribution in [2.75, 3.05) is 0 Å². The number of hydrogen-bond donors (Lipinski definition) is 0. The third-order valence-corrected chi connectivity index (χ3v) is 5.09. The van der Waals surface area contributed by atoms with E-state index in [1.807, 2.05) is 36.0 Å². The van der Waals surface area contributed by atoms with Crippen LogP contribution in [0.3, 0.4) is 0 Å². The molecule has 1 saturated carbocycles. The highest BCUT2D eigenvalue weighted by Gasteiger charge is 2.16. The standard InChI is InChI=1S/C14H16Cl2S/c15-10-14(11-6-8-12(16)9-7-11)17-13-4-2-1-3-5-13/h6-10,13H,1-5H2/b14-10+. The Bertz CT molecular complexity index is 378. The molecule has 0 unspecified atom stereocenters. The van der Waals surface area contributed by atoms with E-state index in [0.717, 1.165) is 15.2 Å². The lowest BCUT2D eigenvalue weighted by Gasteiger charge is -2.22. The summed E-state index contributed by atoms with van der Waals surface area (Å²) in [5.74, 6) is 0. The molecule has 0 aliphatic heterocycles. The molecule has 1 aliphatic rings. The Hall–Kier alpha value is -0.110. The van der Waals surface area contributed by atoms with Gasteiger partial charge in [-0.25, -0.2) is 0 Å². The Balaban J connectivity index is 2.03. The molecule has 0 radical (unpaired) electrons. The van der Waals surface area contributed by atoms with Gasteiger partial charge in [-0.2, -0.15) is 0 Å². The van der Waals surface area contributed by atoms with E-state index in [0.29, 0.717) is 0 Å². The van der Waals surface area contributed by atoms with Crippen LogP contribution in [-0.4, -0.2) is 5.25 Å². The zero-order valence-corrected chi connectivity index (χ0v) is 12.0. The maximum atomic E-state index is 5.95. The van der Waals surface area contributed by atoms with Crippen molar-refractivity contribution < 1.29 is 0 Å². The zero-order valence-electron chi connectivity index (χ0n) is 9.66. The van der Waals surface area contributed by atoms with Gasteiger partial charge in [-0.3, -0.25) is 0 Å². The van der Waals surface area contributed by atoms with E-state index in [2.05, 4.69) is 0 Å². The van der Waals surface area contributed by atoms with E-state index in [1.54, 1.807) is 5.54 Å². The third kappa shape index (κ3) is 3.94. The van der Waals surface area contributed by atoms with Gasteiger partial charge in [0.05, 0.1) is 0 Å². The summed E-state index contributed by atoms with van der Waals surface area (Å²) in [6.07, 6.45) is 6.72. The molecule has 0 bridgehead atoms. The molecule has 1 aliphatic carbocycles. The number of halogens is 2. The zero-order chi connectivity index (χ0) is 12.1. The Kier molecular flexibility index (Phi) is 5.27. The van der Waals surface area contributed by atoms with Crippen molar-refractivity contribution in [3.63, 3.8) is 0 Å². The molecule has 17 heavy (non-hydrogen) atoms. The van der Waals surface area contributed by atoms with Gasteiger partial charge in [0.2, 0.25) is 0 Å². The monoisotopic (exact) mass is 286 g/mol. The minimum Gasteiger partial charge on any atom is -0.121 e. The molecule has 1 aromatic rings. The molecule has 0 aromatic heterocycles. The van der Waals surface area contributed by atoms with E-state index in [4.69, 9.17) is 23.2 Å². The molecule has 0 nitrogen and oxygen atoms in total. The first-order chi connectivity index (χ1) is 8.29. The molecule has 0 saturated heterocycles. The van der Waals surface area contributed by atoms with Gasteiger partial charge in [-0.05, 0) is 30.5 Å². The quantitative estimate of drug-likeness (QED) is 0.662. The maximum Gasteiger partial charge on any atom is 0.0406 e. The van der Waals surface area contributed by atoms with Crippen molar-refractivity contribution in [2.45, 2.75) is 37.4 Å². The molecule has 0 amide bonds. The smallest absolute Gasteiger partial charge is 0.0406 e. The van der Waals surface area contributed by atoms with Crippen molar-refractivity contribution in [2.24, 2.45) is 0 Å². The first-order valence-corrected chi connectivity index (χ1v) is 7.72. The lowest BCUT2D eigenvalue weighted by Crippen LogP contribution is -2.07. The SMILES string of the molecule is Cl/C=C(/SC1CCCCC1)c1ccc(Cl)cc1. The van der Waals surface area contributed by atoms with Crippen LogP contribution in [0.5, 0.6) is 0 Å². The van der Waals surface area contributed by atoms with Gasteiger partial charge in [0.1, 0.15) is 0 Å². The van der Waals surface area contributed by atoms with E-state index < -0.39 is 0 Å². The van der Waals surface area contributed by atoms with Gasteiger partial charge in [-0.1, -0.05) is 54.6 Å². The van der Waals surface area contributed by atoms with Crippen LogP contribution >= 0.6 is 35.0 Å². The molecule has 2 rings (SSSR count). The Morgan fingerprint density at radius 2 is 1.76 bits per heavy atom. The second-order valence-corrected chi connectivity index (χ2v) is 6.35. The van der Waals surface area contributed by atoms with Crippen LogP contribution in [0.15, 0.2) is 29.8 Å². The summed E-state index contributed by atoms with van der Waals surface area (Å²) in [6.45, 7) is 0. The summed E-state index contributed by atoms with van der Waals surface area (Å²) in [4.78, 5) is 1.16. The lowest BCUT2D eigenvalue weighted by molar-refractivity contribution is 0.517. The average Bonchev–Trinajstić information content (AvgIpc) is 2.38. The van der Waals surface area contributed by atoms with Crippen LogP contribution in [0.2, 0.25) is 5.02 Å². The van der Waals surface area contributed by atoms with Crippen molar-refractivity contribution in [1.29, 1.82) is 0 Å². The first kappa shape index (κ1) is 13.3. The highest BCUT2D eigenvalue weighted by Crippen LogP contribution is 2.38. The van der Waals surface area contributed by atoms with Crippen LogP contribution in [0.1, 0.15) is 37.7 Å². The lowest BCUT2D eigenvalue weighted by atomic mass is 10.0. The van der Waals surface area contributed by atoms with Gasteiger partial charge < -0.3 is 0 Å². The van der Waals surface area contributed by atoms with Gasteiger partial charge in [0.15, 0.2) is 0 Å². The first-order valence-electron chi connectivity index (χ1n) is 6.02. The van der Waals surface area contributed by atoms with Crippen molar-refractivity contribution in [1.82, 2.24) is 0 Å². The Morgan fingerprint density at radius 1 is 1.12 bits per heavy atom. The number of thioether (sulfide) groups is 1. The molecular formula is C14H16Cl2S. The van der Waals surface area contributed by atoms with E-state index in [9.17, 15) is 0 Å². The molecule has 3 heteroatoms. The molecule has 1 fully saturated rings. The van der Waals surface area contributed by atoms with Gasteiger partial charge in [0.25, 0.3) is 0 Å². The second-order valence-electron chi connectivity index (χ2n) is 4.36. The van der Waals surface area contributed by atoms with Crippen molar-refractivity contribution in [3.05, 3.63) is 40.4 Å². The Labute approximate surface area is 117 Å². The van der Waals surface area contributed by atoms with Gasteiger partial charge in [-0.15, -0.1) is 11.8 Å².